The van der Waals surface area contributed by atoms with Gasteiger partial charge in [-0.3, -0.25) is 0 Å². The molecule has 0 saturated carbocycles. The quantitative estimate of drug-likeness (QED) is 0.0381. The largest absolute Gasteiger partial charge is 0.466 e. The minimum atomic E-state index is -1.85. The average Bonchev–Trinajstić information content (AvgIpc) is 2.93. The van der Waals surface area contributed by atoms with Crippen LogP contribution in [0.2, 0.25) is 18.1 Å². The first-order valence-corrected chi connectivity index (χ1v) is 21.2. The van der Waals surface area contributed by atoms with Crippen molar-refractivity contribution >= 4 is 26.0 Å². The summed E-state index contributed by atoms with van der Waals surface area (Å²) in [6.45, 7) is 27.6. The van der Waals surface area contributed by atoms with Gasteiger partial charge in [0, 0.05) is 11.3 Å². The zero-order valence-electron chi connectivity index (χ0n) is 31.7. The third-order valence-corrected chi connectivity index (χ3v) is 14.2. The van der Waals surface area contributed by atoms with Gasteiger partial charge in [-0.2, -0.15) is 11.8 Å². The van der Waals surface area contributed by atoms with E-state index < -0.39 is 8.32 Å². The Bertz CT molecular complexity index is 1040. The Kier molecular flexibility index (Phi) is 22.9. The van der Waals surface area contributed by atoms with E-state index in [2.05, 4.69) is 119 Å². The number of ether oxygens (including phenoxy) is 1. The van der Waals surface area contributed by atoms with E-state index in [1.54, 1.807) is 11.8 Å². The minimum absolute atomic E-state index is 0.178. The van der Waals surface area contributed by atoms with Gasteiger partial charge in [-0.1, -0.05) is 93.4 Å². The highest BCUT2D eigenvalue weighted by Gasteiger charge is 2.37. The molecule has 0 bridgehead atoms. The van der Waals surface area contributed by atoms with E-state index in [4.69, 9.17) is 9.16 Å². The van der Waals surface area contributed by atoms with Gasteiger partial charge in [-0.15, -0.1) is 0 Å². The summed E-state index contributed by atoms with van der Waals surface area (Å²) < 4.78 is 11.7. The molecule has 0 saturated heterocycles. The van der Waals surface area contributed by atoms with Crippen LogP contribution in [-0.4, -0.2) is 39.0 Å². The minimum Gasteiger partial charge on any atom is -0.466 e. The summed E-state index contributed by atoms with van der Waals surface area (Å²) >= 11 is 1.78. The maximum absolute atomic E-state index is 12.3. The summed E-state index contributed by atoms with van der Waals surface area (Å²) in [5.41, 5.74) is 7.98. The van der Waals surface area contributed by atoms with Crippen LogP contribution in [0.3, 0.4) is 0 Å². The van der Waals surface area contributed by atoms with Crippen LogP contribution in [0.25, 0.3) is 0 Å². The van der Waals surface area contributed by atoms with E-state index in [0.717, 1.165) is 63.4 Å². The molecule has 0 aliphatic rings. The van der Waals surface area contributed by atoms with Crippen LogP contribution in [0.1, 0.15) is 133 Å². The normalized spacial score (nSPS) is 14.3. The highest BCUT2D eigenvalue weighted by molar-refractivity contribution is 8.00. The molecule has 0 amide bonds. The SMILES string of the molecule is COC(=O)/C(=C\CC/C(=C/CC/C=C(\C)CC/C=C(\C)CC/C=C(\C)CCC=C(C)C)CO[Si](C)(C)C(C)(C)C)CSC(C)C. The number of rotatable bonds is 22. The molecule has 0 N–H and O–H groups in total. The molecule has 0 aliphatic heterocycles. The van der Waals surface area contributed by atoms with Crippen molar-refractivity contribution in [2.24, 2.45) is 0 Å². The molecule has 0 aromatic carbocycles. The number of methoxy groups -OCH3 is 1. The molecule has 45 heavy (non-hydrogen) atoms. The summed E-state index contributed by atoms with van der Waals surface area (Å²) in [6.07, 6.45) is 24.7. The first-order valence-electron chi connectivity index (χ1n) is 17.3. The van der Waals surface area contributed by atoms with Crippen molar-refractivity contribution in [3.05, 3.63) is 69.9 Å². The van der Waals surface area contributed by atoms with Crippen LogP contribution in [0.15, 0.2) is 69.9 Å². The Morgan fingerprint density at radius 3 is 1.64 bits per heavy atom. The molecule has 5 heteroatoms. The van der Waals surface area contributed by atoms with Gasteiger partial charge < -0.3 is 9.16 Å². The summed E-state index contributed by atoms with van der Waals surface area (Å²) in [6, 6.07) is 0. The third-order valence-electron chi connectivity index (χ3n) is 8.55. The molecule has 0 aromatic heterocycles. The molecule has 0 aromatic rings. The molecular weight excluding hydrogens is 589 g/mol. The summed E-state index contributed by atoms with van der Waals surface area (Å²) in [7, 11) is -0.379. The number of unbranched alkanes of at least 4 members (excludes halogenated alkanes) is 1. The number of hydrogen-bond donors (Lipinski definition) is 0. The van der Waals surface area contributed by atoms with Crippen LogP contribution in [0.5, 0.6) is 0 Å². The second-order valence-electron chi connectivity index (χ2n) is 14.7. The van der Waals surface area contributed by atoms with Crippen LogP contribution < -0.4 is 0 Å². The number of thioether (sulfide) groups is 1. The van der Waals surface area contributed by atoms with Crippen molar-refractivity contribution < 1.29 is 14.0 Å². The molecule has 0 spiro atoms. The van der Waals surface area contributed by atoms with E-state index in [1.165, 1.54) is 41.4 Å². The fourth-order valence-electron chi connectivity index (χ4n) is 4.35. The molecular formula is C40H70O3SSi. The fourth-order valence-corrected chi connectivity index (χ4v) is 6.08. The monoisotopic (exact) mass is 658 g/mol. The van der Waals surface area contributed by atoms with Gasteiger partial charge >= 0.3 is 5.97 Å². The van der Waals surface area contributed by atoms with Gasteiger partial charge in [0.25, 0.3) is 0 Å². The zero-order chi connectivity index (χ0) is 34.5. The number of allylic oxidation sites excluding steroid dienone is 10. The molecule has 3 nitrogen and oxygen atoms in total. The van der Waals surface area contributed by atoms with E-state index in [9.17, 15) is 4.79 Å². The summed E-state index contributed by atoms with van der Waals surface area (Å²) in [4.78, 5) is 12.3. The van der Waals surface area contributed by atoms with Gasteiger partial charge in [-0.25, -0.2) is 4.79 Å². The fraction of sp³-hybridized carbons (Fsp3) is 0.675. The van der Waals surface area contributed by atoms with Crippen LogP contribution >= 0.6 is 11.8 Å². The third kappa shape index (κ3) is 22.6. The van der Waals surface area contributed by atoms with E-state index in [-0.39, 0.29) is 11.0 Å². The Labute approximate surface area is 285 Å². The van der Waals surface area contributed by atoms with E-state index in [1.807, 2.05) is 0 Å². The highest BCUT2D eigenvalue weighted by atomic mass is 32.2. The van der Waals surface area contributed by atoms with Crippen molar-refractivity contribution in [3.8, 4) is 0 Å². The molecule has 0 radical (unpaired) electrons. The van der Waals surface area contributed by atoms with Crippen LogP contribution in [0, 0.1) is 0 Å². The molecule has 0 aliphatic carbocycles. The van der Waals surface area contributed by atoms with Crippen molar-refractivity contribution in [2.45, 2.75) is 157 Å². The smallest absolute Gasteiger partial charge is 0.334 e. The van der Waals surface area contributed by atoms with Crippen molar-refractivity contribution in [1.82, 2.24) is 0 Å². The number of carbonyl (C=O) groups is 1. The Morgan fingerprint density at radius 1 is 0.711 bits per heavy atom. The average molecular weight is 659 g/mol. The number of hydrogen-bond acceptors (Lipinski definition) is 4. The molecule has 0 heterocycles. The van der Waals surface area contributed by atoms with Crippen molar-refractivity contribution in [2.75, 3.05) is 19.5 Å². The molecule has 0 rings (SSSR count). The lowest BCUT2D eigenvalue weighted by atomic mass is 10.0. The Morgan fingerprint density at radius 2 is 1.18 bits per heavy atom. The predicted octanol–water partition coefficient (Wildman–Crippen LogP) is 12.9. The van der Waals surface area contributed by atoms with Crippen LogP contribution in [0.4, 0.5) is 0 Å². The van der Waals surface area contributed by atoms with Gasteiger partial charge in [0.2, 0.25) is 0 Å². The topological polar surface area (TPSA) is 35.5 Å². The molecule has 0 atom stereocenters. The Balaban J connectivity index is 5.10. The molecule has 0 unspecified atom stereocenters. The second kappa shape index (κ2) is 23.7. The van der Waals surface area contributed by atoms with E-state index >= 15 is 0 Å². The van der Waals surface area contributed by atoms with Gasteiger partial charge in [0.05, 0.1) is 13.7 Å². The zero-order valence-corrected chi connectivity index (χ0v) is 33.5. The molecule has 258 valence electrons. The molecule has 0 fully saturated rings. The van der Waals surface area contributed by atoms with Gasteiger partial charge in [0.1, 0.15) is 0 Å². The lowest BCUT2D eigenvalue weighted by Crippen LogP contribution is -2.41. The summed E-state index contributed by atoms with van der Waals surface area (Å²) in [5, 5.41) is 0.653. The second-order valence-corrected chi connectivity index (χ2v) is 21.0. The number of esters is 1. The predicted molar refractivity (Wildman–Crippen MR) is 206 cm³/mol. The Hall–Kier alpha value is -1.56. The van der Waals surface area contributed by atoms with Crippen molar-refractivity contribution in [3.63, 3.8) is 0 Å². The lowest BCUT2D eigenvalue weighted by Gasteiger charge is -2.36. The van der Waals surface area contributed by atoms with E-state index in [0.29, 0.717) is 17.6 Å². The van der Waals surface area contributed by atoms with Crippen molar-refractivity contribution in [1.29, 1.82) is 0 Å². The lowest BCUT2D eigenvalue weighted by molar-refractivity contribution is -0.136. The summed E-state index contributed by atoms with van der Waals surface area (Å²) in [5.74, 6) is 0.477. The van der Waals surface area contributed by atoms with Gasteiger partial charge in [0.15, 0.2) is 8.32 Å². The first-order chi connectivity index (χ1) is 21.0. The van der Waals surface area contributed by atoms with Crippen LogP contribution in [-0.2, 0) is 14.0 Å². The first kappa shape index (κ1) is 43.4. The standard InChI is InChI=1S/C40H70O3SSi/c1-32(2)20-16-22-35(6)24-18-26-36(7)25-17-23-34(5)21-14-15-27-37(30-43-45(12,13)40(8,9)10)28-19-29-38(39(41)42-11)31-44-33(3)4/h20-21,24-25,27,29,33H,14-19,22-23,26,28,30-31H2,1-13H3/b34-21+,35-24+,36-25+,37-27-,38-29-. The maximum atomic E-state index is 12.3. The highest BCUT2D eigenvalue weighted by Crippen LogP contribution is 2.37. The maximum Gasteiger partial charge on any atom is 0.334 e. The van der Waals surface area contributed by atoms with Gasteiger partial charge in [-0.05, 0) is 128 Å². The number of carbonyl (C=O) groups excluding carboxylic acids is 1.